The molecule has 0 radical (unpaired) electrons. The lowest BCUT2D eigenvalue weighted by molar-refractivity contribution is 0.102. The molecule has 2 aromatic heterocycles. The van der Waals surface area contributed by atoms with Gasteiger partial charge in [0.15, 0.2) is 11.5 Å². The fourth-order valence-electron chi connectivity index (χ4n) is 1.85. The molecule has 1 N–H and O–H groups in total. The maximum absolute atomic E-state index is 12.1. The number of pyridine rings is 1. The third-order valence-corrected chi connectivity index (χ3v) is 3.14. The third kappa shape index (κ3) is 2.55. The first-order valence-electron chi connectivity index (χ1n) is 5.93. The van der Waals surface area contributed by atoms with Crippen LogP contribution in [0.2, 0.25) is 0 Å². The molecule has 0 aliphatic carbocycles. The van der Waals surface area contributed by atoms with Crippen molar-refractivity contribution in [2.45, 2.75) is 6.92 Å². The second-order valence-electron chi connectivity index (χ2n) is 4.22. The van der Waals surface area contributed by atoms with Gasteiger partial charge < -0.3 is 9.73 Å². The monoisotopic (exact) mass is 331 g/mol. The van der Waals surface area contributed by atoms with Gasteiger partial charge in [0.2, 0.25) is 0 Å². The van der Waals surface area contributed by atoms with E-state index in [1.165, 1.54) is 0 Å². The molecule has 5 nitrogen and oxygen atoms in total. The second kappa shape index (κ2) is 5.05. The van der Waals surface area contributed by atoms with E-state index in [1.807, 2.05) is 0 Å². The summed E-state index contributed by atoms with van der Waals surface area (Å²) in [6.45, 7) is 1.78. The van der Waals surface area contributed by atoms with Gasteiger partial charge in [0.1, 0.15) is 15.8 Å². The van der Waals surface area contributed by atoms with Crippen molar-refractivity contribution in [3.63, 3.8) is 0 Å². The predicted octanol–water partition coefficient (Wildman–Crippen LogP) is 3.55. The van der Waals surface area contributed by atoms with Crippen molar-refractivity contribution in [1.29, 1.82) is 0 Å². The average molecular weight is 332 g/mol. The van der Waals surface area contributed by atoms with Crippen LogP contribution in [-0.2, 0) is 0 Å². The smallest absolute Gasteiger partial charge is 0.274 e. The van der Waals surface area contributed by atoms with Crippen molar-refractivity contribution in [1.82, 2.24) is 9.97 Å². The van der Waals surface area contributed by atoms with E-state index >= 15 is 0 Å². The second-order valence-corrected chi connectivity index (χ2v) is 5.03. The van der Waals surface area contributed by atoms with Gasteiger partial charge in [-0.1, -0.05) is 6.07 Å². The Bertz CT molecular complexity index is 798. The van der Waals surface area contributed by atoms with Crippen molar-refractivity contribution in [3.05, 3.63) is 52.6 Å². The van der Waals surface area contributed by atoms with Gasteiger partial charge in [0.25, 0.3) is 5.91 Å². The van der Waals surface area contributed by atoms with Crippen LogP contribution in [0.15, 0.2) is 45.4 Å². The summed E-state index contributed by atoms with van der Waals surface area (Å²) in [7, 11) is 0. The lowest BCUT2D eigenvalue weighted by Crippen LogP contribution is -2.13. The highest BCUT2D eigenvalue weighted by Gasteiger charge is 2.09. The van der Waals surface area contributed by atoms with Crippen molar-refractivity contribution in [2.24, 2.45) is 0 Å². The van der Waals surface area contributed by atoms with Gasteiger partial charge in [-0.3, -0.25) is 4.79 Å². The van der Waals surface area contributed by atoms with E-state index in [9.17, 15) is 4.79 Å². The Balaban J connectivity index is 1.87. The molecule has 1 aromatic carbocycles. The third-order valence-electron chi connectivity index (χ3n) is 2.70. The quantitative estimate of drug-likeness (QED) is 0.729. The Kier molecular flexibility index (Phi) is 3.23. The van der Waals surface area contributed by atoms with Crippen molar-refractivity contribution >= 4 is 38.6 Å². The largest absolute Gasteiger partial charge is 0.441 e. The molecule has 3 aromatic rings. The van der Waals surface area contributed by atoms with E-state index in [-0.39, 0.29) is 5.91 Å². The number of fused-ring (bicyclic) bond motifs is 1. The highest BCUT2D eigenvalue weighted by Crippen LogP contribution is 2.20. The Labute approximate surface area is 123 Å². The molecule has 0 spiro atoms. The number of hydrogen-bond acceptors (Lipinski definition) is 4. The summed E-state index contributed by atoms with van der Waals surface area (Å²) in [4.78, 5) is 20.4. The molecule has 0 saturated carbocycles. The lowest BCUT2D eigenvalue weighted by Gasteiger charge is -2.04. The van der Waals surface area contributed by atoms with Crippen molar-refractivity contribution in [3.8, 4) is 0 Å². The van der Waals surface area contributed by atoms with Crippen LogP contribution in [0.5, 0.6) is 0 Å². The van der Waals surface area contributed by atoms with Crippen LogP contribution in [0.25, 0.3) is 11.1 Å². The van der Waals surface area contributed by atoms with Gasteiger partial charge in [0.05, 0.1) is 0 Å². The minimum atomic E-state index is -0.272. The van der Waals surface area contributed by atoms with E-state index in [4.69, 9.17) is 4.42 Å². The van der Waals surface area contributed by atoms with Crippen molar-refractivity contribution in [2.75, 3.05) is 5.32 Å². The van der Waals surface area contributed by atoms with Gasteiger partial charge in [0, 0.05) is 12.6 Å². The van der Waals surface area contributed by atoms with Gasteiger partial charge in [-0.2, -0.15) is 0 Å². The van der Waals surface area contributed by atoms with Crippen LogP contribution >= 0.6 is 15.9 Å². The number of aromatic nitrogens is 2. The number of aryl methyl sites for hydroxylation is 1. The van der Waals surface area contributed by atoms with Crippen LogP contribution in [-0.4, -0.2) is 15.9 Å². The van der Waals surface area contributed by atoms with Gasteiger partial charge in [-0.15, -0.1) is 0 Å². The number of carbonyl (C=O) groups excluding carboxylic acids is 1. The SMILES string of the molecule is Cc1nc2cc(NC(=O)c3cccc(Br)n3)ccc2o1. The first kappa shape index (κ1) is 12.8. The summed E-state index contributed by atoms with van der Waals surface area (Å²) in [5, 5.41) is 2.78. The van der Waals surface area contributed by atoms with Gasteiger partial charge in [-0.05, 0) is 46.3 Å². The molecule has 2 heterocycles. The first-order chi connectivity index (χ1) is 9.61. The van der Waals surface area contributed by atoms with Gasteiger partial charge in [-0.25, -0.2) is 9.97 Å². The summed E-state index contributed by atoms with van der Waals surface area (Å²) >= 11 is 3.24. The molecule has 0 unspecified atom stereocenters. The average Bonchev–Trinajstić information content (AvgIpc) is 2.78. The Morgan fingerprint density at radius 2 is 2.10 bits per heavy atom. The molecular weight excluding hydrogens is 322 g/mol. The molecule has 0 bridgehead atoms. The van der Waals surface area contributed by atoms with E-state index in [0.717, 1.165) is 0 Å². The number of halogens is 1. The number of carbonyl (C=O) groups is 1. The summed E-state index contributed by atoms with van der Waals surface area (Å²) in [6.07, 6.45) is 0. The minimum Gasteiger partial charge on any atom is -0.441 e. The molecule has 100 valence electrons. The standard InChI is InChI=1S/C14H10BrN3O2/c1-8-16-11-7-9(5-6-12(11)20-8)17-14(19)10-3-2-4-13(15)18-10/h2-7H,1H3,(H,17,19). The van der Waals surface area contributed by atoms with Crippen LogP contribution in [0.1, 0.15) is 16.4 Å². The summed E-state index contributed by atoms with van der Waals surface area (Å²) < 4.78 is 6.00. The Morgan fingerprint density at radius 1 is 1.25 bits per heavy atom. The first-order valence-corrected chi connectivity index (χ1v) is 6.72. The maximum atomic E-state index is 12.1. The van der Waals surface area contributed by atoms with Gasteiger partial charge >= 0.3 is 0 Å². The van der Waals surface area contributed by atoms with Crippen LogP contribution in [0, 0.1) is 6.92 Å². The molecular formula is C14H10BrN3O2. The normalized spacial score (nSPS) is 10.7. The van der Waals surface area contributed by atoms with Crippen LogP contribution < -0.4 is 5.32 Å². The van der Waals surface area contributed by atoms with E-state index in [2.05, 4.69) is 31.2 Å². The molecule has 20 heavy (non-hydrogen) atoms. The molecule has 1 amide bonds. The van der Waals surface area contributed by atoms with E-state index < -0.39 is 0 Å². The summed E-state index contributed by atoms with van der Waals surface area (Å²) in [5.41, 5.74) is 2.40. The number of anilines is 1. The molecule has 6 heteroatoms. The number of hydrogen-bond donors (Lipinski definition) is 1. The summed E-state index contributed by atoms with van der Waals surface area (Å²) in [5.74, 6) is 0.322. The Hall–Kier alpha value is -2.21. The zero-order chi connectivity index (χ0) is 14.1. The molecule has 3 rings (SSSR count). The zero-order valence-electron chi connectivity index (χ0n) is 10.6. The fourth-order valence-corrected chi connectivity index (χ4v) is 2.19. The zero-order valence-corrected chi connectivity index (χ0v) is 12.1. The number of oxazole rings is 1. The minimum absolute atomic E-state index is 0.272. The molecule has 0 atom stereocenters. The topological polar surface area (TPSA) is 68.0 Å². The predicted molar refractivity (Wildman–Crippen MR) is 78.6 cm³/mol. The number of nitrogens with one attached hydrogen (secondary N) is 1. The number of benzene rings is 1. The maximum Gasteiger partial charge on any atom is 0.274 e. The van der Waals surface area contributed by atoms with Crippen LogP contribution in [0.3, 0.4) is 0 Å². The van der Waals surface area contributed by atoms with E-state index in [1.54, 1.807) is 43.3 Å². The molecule has 0 fully saturated rings. The Morgan fingerprint density at radius 3 is 2.90 bits per heavy atom. The number of rotatable bonds is 2. The van der Waals surface area contributed by atoms with Crippen molar-refractivity contribution < 1.29 is 9.21 Å². The highest BCUT2D eigenvalue weighted by molar-refractivity contribution is 9.10. The molecule has 0 aliphatic heterocycles. The molecule has 0 aliphatic rings. The summed E-state index contributed by atoms with van der Waals surface area (Å²) in [6, 6.07) is 10.5. The number of amides is 1. The fraction of sp³-hybridized carbons (Fsp3) is 0.0714. The van der Waals surface area contributed by atoms with Crippen LogP contribution in [0.4, 0.5) is 5.69 Å². The highest BCUT2D eigenvalue weighted by atomic mass is 79.9. The number of nitrogens with zero attached hydrogens (tertiary/aromatic N) is 2. The lowest BCUT2D eigenvalue weighted by atomic mass is 10.2. The van der Waals surface area contributed by atoms with E-state index in [0.29, 0.717) is 33.0 Å². The molecule has 0 saturated heterocycles.